The maximum Gasteiger partial charge on any atom is 0.131 e. The van der Waals surface area contributed by atoms with Gasteiger partial charge in [-0.3, -0.25) is 0 Å². The Hall–Kier alpha value is 0.719. The monoisotopic (exact) mass is 200 g/mol. The first-order valence-corrected chi connectivity index (χ1v) is 3.20. The molecule has 0 aliphatic carbocycles. The van der Waals surface area contributed by atoms with E-state index < -0.39 is 0 Å². The molecule has 2 nitrogen and oxygen atoms in total. The van der Waals surface area contributed by atoms with Crippen LogP contribution in [0.5, 0.6) is 0 Å². The zero-order valence-corrected chi connectivity index (χ0v) is 6.63. The molecule has 0 atom stereocenters. The van der Waals surface area contributed by atoms with E-state index >= 15 is 0 Å². The second-order valence-corrected chi connectivity index (χ2v) is 2.73. The average molecular weight is 201 g/mol. The van der Waals surface area contributed by atoms with Gasteiger partial charge in [0.2, 0.25) is 0 Å². The molecular weight excluding hydrogens is 194 g/mol. The first-order valence-electron chi connectivity index (χ1n) is 1.80. The van der Waals surface area contributed by atoms with Crippen molar-refractivity contribution in [3.63, 3.8) is 0 Å². The van der Waals surface area contributed by atoms with Crippen molar-refractivity contribution in [3.05, 3.63) is 0 Å². The minimum Gasteiger partial charge on any atom is -0.396 e. The molecule has 0 saturated carbocycles. The van der Waals surface area contributed by atoms with Crippen LogP contribution in [-0.4, -0.2) is 21.8 Å². The molecule has 0 aromatic carbocycles. The van der Waals surface area contributed by atoms with Crippen LogP contribution in [0.4, 0.5) is 0 Å². The minimum absolute atomic E-state index is 0. The average Bonchev–Trinajstić information content (AvgIpc) is 1.61. The SMILES string of the molecule is NC(=S)SCCO.[Cu]. The summed E-state index contributed by atoms with van der Waals surface area (Å²) in [6, 6.07) is 0. The Balaban J connectivity index is 0. The van der Waals surface area contributed by atoms with Gasteiger partial charge in [0.25, 0.3) is 0 Å². The van der Waals surface area contributed by atoms with Crippen molar-refractivity contribution < 1.29 is 22.2 Å². The third-order valence-electron chi connectivity index (χ3n) is 0.336. The predicted octanol–water partition coefficient (Wildman–Crippen LogP) is -0.0470. The van der Waals surface area contributed by atoms with E-state index in [4.69, 9.17) is 10.8 Å². The summed E-state index contributed by atoms with van der Waals surface area (Å²) >= 11 is 5.78. The van der Waals surface area contributed by atoms with Crippen molar-refractivity contribution in [3.8, 4) is 0 Å². The second kappa shape index (κ2) is 7.72. The summed E-state index contributed by atoms with van der Waals surface area (Å²) in [5, 5.41) is 8.18. The van der Waals surface area contributed by atoms with E-state index in [1.807, 2.05) is 0 Å². The Morgan fingerprint density at radius 2 is 2.25 bits per heavy atom. The van der Waals surface area contributed by atoms with Crippen molar-refractivity contribution in [2.75, 3.05) is 12.4 Å². The fourth-order valence-corrected chi connectivity index (χ4v) is 0.689. The molecule has 3 N–H and O–H groups in total. The second-order valence-electron chi connectivity index (χ2n) is 0.891. The summed E-state index contributed by atoms with van der Waals surface area (Å²) in [7, 11) is 0. The van der Waals surface area contributed by atoms with Gasteiger partial charge in [-0.25, -0.2) is 0 Å². The first kappa shape index (κ1) is 11.5. The first-order chi connectivity index (χ1) is 3.27. The molecule has 1 radical (unpaired) electrons. The van der Waals surface area contributed by atoms with E-state index in [0.717, 1.165) is 0 Å². The van der Waals surface area contributed by atoms with Crippen LogP contribution in [0.25, 0.3) is 0 Å². The molecule has 0 amide bonds. The molecule has 53 valence electrons. The molecule has 0 fully saturated rings. The number of thioether (sulfide) groups is 1. The fourth-order valence-electron chi connectivity index (χ4n) is 0.146. The molecule has 0 saturated heterocycles. The van der Waals surface area contributed by atoms with Crippen LogP contribution in [0.3, 0.4) is 0 Å². The maximum absolute atomic E-state index is 8.18. The van der Waals surface area contributed by atoms with Gasteiger partial charge in [0, 0.05) is 22.8 Å². The van der Waals surface area contributed by atoms with Crippen LogP contribution >= 0.6 is 24.0 Å². The van der Waals surface area contributed by atoms with Gasteiger partial charge in [-0.05, 0) is 0 Å². The molecule has 8 heavy (non-hydrogen) atoms. The zero-order valence-electron chi connectivity index (χ0n) is 4.06. The van der Waals surface area contributed by atoms with E-state index in [1.165, 1.54) is 11.8 Å². The Kier molecular flexibility index (Phi) is 11.1. The topological polar surface area (TPSA) is 46.2 Å². The summed E-state index contributed by atoms with van der Waals surface area (Å²) < 4.78 is 0.397. The Morgan fingerprint density at radius 1 is 1.75 bits per heavy atom. The maximum atomic E-state index is 8.18. The van der Waals surface area contributed by atoms with Gasteiger partial charge in [0.1, 0.15) is 4.32 Å². The molecule has 0 spiro atoms. The van der Waals surface area contributed by atoms with E-state index in [2.05, 4.69) is 12.2 Å². The Bertz CT molecular complexity index is 70.3. The van der Waals surface area contributed by atoms with Gasteiger partial charge < -0.3 is 10.8 Å². The van der Waals surface area contributed by atoms with Gasteiger partial charge in [0.05, 0.1) is 6.61 Å². The number of hydrogen-bond acceptors (Lipinski definition) is 3. The standard InChI is InChI=1S/C3H7NOS2.Cu/c4-3(6)7-2-1-5;/h5H,1-2H2,(H2,4,6);. The molecule has 0 aliphatic heterocycles. The van der Waals surface area contributed by atoms with Gasteiger partial charge >= 0.3 is 0 Å². The molecular formula is C3H7CuNOS2. The van der Waals surface area contributed by atoms with E-state index in [-0.39, 0.29) is 23.7 Å². The third-order valence-corrected chi connectivity index (χ3v) is 1.36. The van der Waals surface area contributed by atoms with Crippen molar-refractivity contribution >= 4 is 28.3 Å². The summed E-state index contributed by atoms with van der Waals surface area (Å²) in [5.41, 5.74) is 5.06. The molecule has 0 heterocycles. The molecule has 0 rings (SSSR count). The Labute approximate surface area is 68.7 Å². The molecule has 0 aliphatic rings. The summed E-state index contributed by atoms with van der Waals surface area (Å²) in [6.07, 6.45) is 0. The van der Waals surface area contributed by atoms with Gasteiger partial charge in [-0.1, -0.05) is 24.0 Å². The van der Waals surface area contributed by atoms with Crippen LogP contribution in [0, 0.1) is 0 Å². The summed E-state index contributed by atoms with van der Waals surface area (Å²) in [4.78, 5) is 0. The van der Waals surface area contributed by atoms with Crippen molar-refractivity contribution in [2.45, 2.75) is 0 Å². The van der Waals surface area contributed by atoms with Crippen LogP contribution in [0.1, 0.15) is 0 Å². The number of nitrogens with two attached hydrogens (primary N) is 1. The predicted molar refractivity (Wildman–Crippen MR) is 36.3 cm³/mol. The van der Waals surface area contributed by atoms with Crippen molar-refractivity contribution in [2.24, 2.45) is 5.73 Å². The molecule has 0 aromatic heterocycles. The van der Waals surface area contributed by atoms with Crippen molar-refractivity contribution in [1.82, 2.24) is 0 Å². The van der Waals surface area contributed by atoms with Crippen LogP contribution in [0.2, 0.25) is 0 Å². The number of hydrogen-bond donors (Lipinski definition) is 2. The van der Waals surface area contributed by atoms with Crippen LogP contribution in [-0.2, 0) is 17.1 Å². The van der Waals surface area contributed by atoms with Crippen LogP contribution < -0.4 is 5.73 Å². The van der Waals surface area contributed by atoms with Gasteiger partial charge in [0.15, 0.2) is 0 Å². The van der Waals surface area contributed by atoms with Crippen LogP contribution in [0.15, 0.2) is 0 Å². The number of rotatable bonds is 2. The fraction of sp³-hybridized carbons (Fsp3) is 0.667. The quantitative estimate of drug-likeness (QED) is 0.485. The molecule has 0 aromatic rings. The number of thiocarbonyl (C=S) groups is 1. The van der Waals surface area contributed by atoms with Gasteiger partial charge in [-0.15, -0.1) is 0 Å². The molecule has 5 heteroatoms. The molecule has 0 bridgehead atoms. The normalized spacial score (nSPS) is 7.62. The largest absolute Gasteiger partial charge is 0.396 e. The summed E-state index contributed by atoms with van der Waals surface area (Å²) in [5.74, 6) is 0.606. The van der Waals surface area contributed by atoms with Crippen molar-refractivity contribution in [1.29, 1.82) is 0 Å². The summed E-state index contributed by atoms with van der Waals surface area (Å²) in [6.45, 7) is 0.141. The smallest absolute Gasteiger partial charge is 0.131 e. The van der Waals surface area contributed by atoms with Gasteiger partial charge in [-0.2, -0.15) is 0 Å². The molecule has 0 unspecified atom stereocenters. The minimum atomic E-state index is 0. The number of aliphatic hydroxyl groups is 1. The Morgan fingerprint density at radius 3 is 2.38 bits per heavy atom. The van der Waals surface area contributed by atoms with E-state index in [0.29, 0.717) is 10.1 Å². The van der Waals surface area contributed by atoms with E-state index in [1.54, 1.807) is 0 Å². The third kappa shape index (κ3) is 9.87. The van der Waals surface area contributed by atoms with E-state index in [9.17, 15) is 0 Å². The zero-order chi connectivity index (χ0) is 5.70. The number of aliphatic hydroxyl groups excluding tert-OH is 1.